The van der Waals surface area contributed by atoms with Gasteiger partial charge < -0.3 is 10.4 Å². The molecule has 0 atom stereocenters. The molecule has 0 unspecified atom stereocenters. The van der Waals surface area contributed by atoms with Gasteiger partial charge in [0.05, 0.1) is 16.2 Å². The number of hydrogen-bond acceptors (Lipinski definition) is 4. The Hall–Kier alpha value is -2.67. The molecule has 2 N–H and O–H groups in total. The number of carboxylic acid groups (broad SMARTS) is 1. The summed E-state index contributed by atoms with van der Waals surface area (Å²) in [6.07, 6.45) is 0. The van der Waals surface area contributed by atoms with Gasteiger partial charge in [-0.3, -0.25) is 10.1 Å². The van der Waals surface area contributed by atoms with Crippen molar-refractivity contribution in [1.29, 1.82) is 0 Å². The Balaban J connectivity index is 2.56. The van der Waals surface area contributed by atoms with Crippen molar-refractivity contribution >= 4 is 34.6 Å². The number of nitro benzene ring substituents is 1. The van der Waals surface area contributed by atoms with E-state index in [4.69, 9.17) is 16.7 Å². The van der Waals surface area contributed by atoms with E-state index in [0.29, 0.717) is 0 Å². The van der Waals surface area contributed by atoms with E-state index in [-0.39, 0.29) is 22.0 Å². The second kappa shape index (κ2) is 5.76. The van der Waals surface area contributed by atoms with Crippen LogP contribution in [0, 0.1) is 15.9 Å². The second-order valence-electron chi connectivity index (χ2n) is 4.01. The highest BCUT2D eigenvalue weighted by Crippen LogP contribution is 2.32. The lowest BCUT2D eigenvalue weighted by atomic mass is 10.1. The van der Waals surface area contributed by atoms with Crippen LogP contribution in [0.2, 0.25) is 5.02 Å². The SMILES string of the molecule is O=C(O)c1cccc([N+](=O)[O-])c1Nc1ccc(Cl)cc1F. The van der Waals surface area contributed by atoms with Gasteiger partial charge in [0.15, 0.2) is 0 Å². The van der Waals surface area contributed by atoms with Crippen LogP contribution < -0.4 is 5.32 Å². The average molecular weight is 311 g/mol. The standard InChI is InChI=1S/C13H8ClFN2O4/c14-7-4-5-10(9(15)6-7)16-12-8(13(18)19)2-1-3-11(12)17(20)21/h1-6,16H,(H,18,19). The van der Waals surface area contributed by atoms with Gasteiger partial charge in [-0.05, 0) is 24.3 Å². The van der Waals surface area contributed by atoms with E-state index in [2.05, 4.69) is 5.32 Å². The lowest BCUT2D eigenvalue weighted by Gasteiger charge is -2.11. The summed E-state index contributed by atoms with van der Waals surface area (Å²) in [5.41, 5.74) is -1.21. The van der Waals surface area contributed by atoms with Crippen LogP contribution in [0.5, 0.6) is 0 Å². The summed E-state index contributed by atoms with van der Waals surface area (Å²) < 4.78 is 13.7. The second-order valence-corrected chi connectivity index (χ2v) is 4.45. The molecule has 2 aromatic carbocycles. The minimum Gasteiger partial charge on any atom is -0.478 e. The van der Waals surface area contributed by atoms with Crippen LogP contribution in [0.1, 0.15) is 10.4 Å². The molecule has 0 aliphatic carbocycles. The van der Waals surface area contributed by atoms with Crippen molar-refractivity contribution in [2.75, 3.05) is 5.32 Å². The monoisotopic (exact) mass is 310 g/mol. The number of rotatable bonds is 4. The van der Waals surface area contributed by atoms with E-state index < -0.39 is 22.4 Å². The summed E-state index contributed by atoms with van der Waals surface area (Å²) in [6, 6.07) is 7.21. The Kier molecular flexibility index (Phi) is 4.04. The summed E-state index contributed by atoms with van der Waals surface area (Å²) in [7, 11) is 0. The fraction of sp³-hybridized carbons (Fsp3) is 0. The first-order valence-corrected chi connectivity index (χ1v) is 6.00. The minimum atomic E-state index is -1.37. The lowest BCUT2D eigenvalue weighted by Crippen LogP contribution is -2.06. The van der Waals surface area contributed by atoms with E-state index in [1.165, 1.54) is 24.3 Å². The predicted molar refractivity (Wildman–Crippen MR) is 74.7 cm³/mol. The quantitative estimate of drug-likeness (QED) is 0.661. The highest BCUT2D eigenvalue weighted by molar-refractivity contribution is 6.30. The average Bonchev–Trinajstić information content (AvgIpc) is 2.41. The van der Waals surface area contributed by atoms with Crippen molar-refractivity contribution in [3.05, 3.63) is 62.9 Å². The lowest BCUT2D eigenvalue weighted by molar-refractivity contribution is -0.383. The maximum atomic E-state index is 13.7. The first kappa shape index (κ1) is 14.7. The van der Waals surface area contributed by atoms with Gasteiger partial charge in [-0.25, -0.2) is 9.18 Å². The van der Waals surface area contributed by atoms with Crippen LogP contribution in [-0.2, 0) is 0 Å². The number of nitro groups is 1. The highest BCUT2D eigenvalue weighted by atomic mass is 35.5. The summed E-state index contributed by atoms with van der Waals surface area (Å²) >= 11 is 5.61. The molecule has 0 saturated heterocycles. The fourth-order valence-corrected chi connectivity index (χ4v) is 1.89. The molecule has 0 aliphatic rings. The number of halogens is 2. The van der Waals surface area contributed by atoms with Gasteiger partial charge in [-0.2, -0.15) is 0 Å². The first-order valence-electron chi connectivity index (χ1n) is 5.63. The van der Waals surface area contributed by atoms with Crippen molar-refractivity contribution in [2.24, 2.45) is 0 Å². The number of nitrogens with zero attached hydrogens (tertiary/aromatic N) is 1. The Bertz CT molecular complexity index is 704. The summed E-state index contributed by atoms with van der Waals surface area (Å²) in [6.45, 7) is 0. The van der Waals surface area contributed by atoms with E-state index in [1.807, 2.05) is 0 Å². The van der Waals surface area contributed by atoms with Crippen molar-refractivity contribution < 1.29 is 19.2 Å². The number of aromatic carboxylic acids is 1. The first-order chi connectivity index (χ1) is 9.90. The van der Waals surface area contributed by atoms with Crippen LogP contribution >= 0.6 is 11.6 Å². The molecule has 0 radical (unpaired) electrons. The molecule has 0 aromatic heterocycles. The van der Waals surface area contributed by atoms with Gasteiger partial charge in [0.1, 0.15) is 11.5 Å². The molecule has 108 valence electrons. The van der Waals surface area contributed by atoms with Gasteiger partial charge >= 0.3 is 5.97 Å². The third-order valence-corrected chi connectivity index (χ3v) is 2.90. The van der Waals surface area contributed by atoms with Crippen LogP contribution in [0.4, 0.5) is 21.5 Å². The molecular formula is C13H8ClFN2O4. The molecule has 0 heterocycles. The van der Waals surface area contributed by atoms with Crippen molar-refractivity contribution in [2.45, 2.75) is 0 Å². The Labute approximate surface area is 122 Å². The molecule has 21 heavy (non-hydrogen) atoms. The third kappa shape index (κ3) is 3.09. The van der Waals surface area contributed by atoms with E-state index in [0.717, 1.165) is 12.1 Å². The van der Waals surface area contributed by atoms with Gasteiger partial charge in [0.2, 0.25) is 0 Å². The number of carbonyl (C=O) groups is 1. The molecule has 2 aromatic rings. The smallest absolute Gasteiger partial charge is 0.338 e. The molecule has 0 aliphatic heterocycles. The molecular weight excluding hydrogens is 303 g/mol. The van der Waals surface area contributed by atoms with Crippen molar-refractivity contribution in [3.63, 3.8) is 0 Å². The van der Waals surface area contributed by atoms with E-state index in [9.17, 15) is 19.3 Å². The summed E-state index contributed by atoms with van der Waals surface area (Å²) in [5, 5.41) is 22.7. The number of benzene rings is 2. The number of nitrogens with one attached hydrogen (secondary N) is 1. The van der Waals surface area contributed by atoms with E-state index in [1.54, 1.807) is 0 Å². The van der Waals surface area contributed by atoms with Crippen LogP contribution in [0.25, 0.3) is 0 Å². The Morgan fingerprint density at radius 1 is 1.33 bits per heavy atom. The molecule has 0 spiro atoms. The Morgan fingerprint density at radius 2 is 2.05 bits per heavy atom. The molecule has 2 rings (SSSR count). The van der Waals surface area contributed by atoms with Crippen LogP contribution in [0.15, 0.2) is 36.4 Å². The van der Waals surface area contributed by atoms with Gasteiger partial charge in [0, 0.05) is 11.1 Å². The zero-order chi connectivity index (χ0) is 15.6. The summed E-state index contributed by atoms with van der Waals surface area (Å²) in [5.74, 6) is -2.12. The normalized spacial score (nSPS) is 10.2. The minimum absolute atomic E-state index is 0.115. The van der Waals surface area contributed by atoms with Gasteiger partial charge in [-0.1, -0.05) is 17.7 Å². The van der Waals surface area contributed by atoms with Crippen molar-refractivity contribution in [3.8, 4) is 0 Å². The predicted octanol–water partition coefficient (Wildman–Crippen LogP) is 3.83. The zero-order valence-electron chi connectivity index (χ0n) is 10.3. The number of anilines is 2. The number of para-hydroxylation sites is 1. The maximum Gasteiger partial charge on any atom is 0.338 e. The Morgan fingerprint density at radius 3 is 2.62 bits per heavy atom. The molecule has 8 heteroatoms. The van der Waals surface area contributed by atoms with E-state index >= 15 is 0 Å². The van der Waals surface area contributed by atoms with Crippen molar-refractivity contribution in [1.82, 2.24) is 0 Å². The molecule has 0 saturated carbocycles. The third-order valence-electron chi connectivity index (χ3n) is 2.66. The highest BCUT2D eigenvalue weighted by Gasteiger charge is 2.22. The molecule has 6 nitrogen and oxygen atoms in total. The van der Waals surface area contributed by atoms with Gasteiger partial charge in [-0.15, -0.1) is 0 Å². The van der Waals surface area contributed by atoms with Crippen LogP contribution in [0.3, 0.4) is 0 Å². The van der Waals surface area contributed by atoms with Gasteiger partial charge in [0.25, 0.3) is 5.69 Å². The summed E-state index contributed by atoms with van der Waals surface area (Å²) in [4.78, 5) is 21.4. The largest absolute Gasteiger partial charge is 0.478 e. The molecule has 0 bridgehead atoms. The zero-order valence-corrected chi connectivity index (χ0v) is 11.1. The number of carboxylic acids is 1. The van der Waals surface area contributed by atoms with Crippen LogP contribution in [-0.4, -0.2) is 16.0 Å². The fourth-order valence-electron chi connectivity index (χ4n) is 1.73. The molecule has 0 amide bonds. The number of hydrogen-bond donors (Lipinski definition) is 2. The maximum absolute atomic E-state index is 13.7. The molecule has 0 fully saturated rings. The topological polar surface area (TPSA) is 92.5 Å².